The van der Waals surface area contributed by atoms with Crippen LogP contribution < -0.4 is 0 Å². The maximum atomic E-state index is 13.3. The number of aliphatic carboxylic acids is 1. The Kier molecular flexibility index (Phi) is 6.02. The summed E-state index contributed by atoms with van der Waals surface area (Å²) in [5, 5.41) is 8.82. The fourth-order valence-electron chi connectivity index (χ4n) is 3.43. The fraction of sp³-hybridized carbons (Fsp3) is 0.333. The molecule has 0 bridgehead atoms. The molecule has 1 aliphatic carbocycles. The molecule has 2 atom stereocenters. The predicted octanol–water partition coefficient (Wildman–Crippen LogP) is 4.25. The van der Waals surface area contributed by atoms with Gasteiger partial charge in [-0.3, -0.25) is 4.90 Å². The van der Waals surface area contributed by atoms with E-state index in [2.05, 4.69) is 4.74 Å². The number of carboxylic acid groups (broad SMARTS) is 1. The van der Waals surface area contributed by atoms with Crippen LogP contribution in [-0.4, -0.2) is 54.2 Å². The van der Waals surface area contributed by atoms with Crippen LogP contribution in [0.5, 0.6) is 0 Å². The van der Waals surface area contributed by atoms with Crippen molar-refractivity contribution in [3.8, 4) is 11.1 Å². The minimum absolute atomic E-state index is 0.170. The Bertz CT molecular complexity index is 901. The number of alkyl halides is 3. The van der Waals surface area contributed by atoms with Gasteiger partial charge in [0.1, 0.15) is 6.61 Å². The molecule has 1 amide bonds. The van der Waals surface area contributed by atoms with Crippen molar-refractivity contribution in [1.29, 1.82) is 0 Å². The Morgan fingerprint density at radius 1 is 1.07 bits per heavy atom. The van der Waals surface area contributed by atoms with Crippen LogP contribution in [0.2, 0.25) is 0 Å². The van der Waals surface area contributed by atoms with Crippen molar-refractivity contribution < 1.29 is 37.3 Å². The smallest absolute Gasteiger partial charge is 0.433 e. The normalized spacial score (nSPS) is 15.1. The van der Waals surface area contributed by atoms with Crippen LogP contribution in [0.1, 0.15) is 24.0 Å². The van der Waals surface area contributed by atoms with Crippen molar-refractivity contribution in [3.05, 3.63) is 59.7 Å². The van der Waals surface area contributed by atoms with Crippen molar-refractivity contribution in [1.82, 2.24) is 4.90 Å². The first-order valence-electron chi connectivity index (χ1n) is 9.14. The second-order valence-corrected chi connectivity index (χ2v) is 6.93. The standard InChI is InChI=1S/C21H20F3NO5/c1-12(18(26)27)30-19(21(22,23)24)25(2)20(28)29-11-17-15-9-5-3-7-13(15)14-8-4-6-10-16(14)17/h3-10,12,17,19H,11H2,1-2H3,(H,26,27)/t12-,19?/m0/s1. The zero-order valence-corrected chi connectivity index (χ0v) is 16.2. The van der Waals surface area contributed by atoms with Crippen LogP contribution in [0.25, 0.3) is 11.1 Å². The van der Waals surface area contributed by atoms with Gasteiger partial charge in [0, 0.05) is 13.0 Å². The molecule has 0 saturated carbocycles. The molecule has 160 valence electrons. The van der Waals surface area contributed by atoms with E-state index in [4.69, 9.17) is 9.84 Å². The summed E-state index contributed by atoms with van der Waals surface area (Å²) >= 11 is 0. The Morgan fingerprint density at radius 2 is 1.57 bits per heavy atom. The van der Waals surface area contributed by atoms with Gasteiger partial charge in [0.25, 0.3) is 0 Å². The number of benzene rings is 2. The molecule has 0 fully saturated rings. The molecule has 2 aromatic rings. The molecule has 0 aromatic heterocycles. The van der Waals surface area contributed by atoms with Gasteiger partial charge in [-0.2, -0.15) is 13.2 Å². The number of carbonyl (C=O) groups excluding carboxylic acids is 1. The number of carboxylic acids is 1. The van der Waals surface area contributed by atoms with E-state index in [0.717, 1.165) is 36.2 Å². The Balaban J connectivity index is 1.75. The topological polar surface area (TPSA) is 76.1 Å². The van der Waals surface area contributed by atoms with Crippen LogP contribution in [0.4, 0.5) is 18.0 Å². The number of ether oxygens (including phenoxy) is 2. The molecule has 0 spiro atoms. The number of rotatable bonds is 6. The molecule has 6 nitrogen and oxygen atoms in total. The number of halogens is 3. The van der Waals surface area contributed by atoms with Gasteiger partial charge in [0.15, 0.2) is 6.10 Å². The summed E-state index contributed by atoms with van der Waals surface area (Å²) < 4.78 is 49.7. The molecular formula is C21H20F3NO5. The number of nitrogens with zero attached hydrogens (tertiary/aromatic N) is 1. The Hall–Kier alpha value is -3.07. The van der Waals surface area contributed by atoms with Crippen molar-refractivity contribution >= 4 is 12.1 Å². The number of amides is 1. The number of hydrogen-bond acceptors (Lipinski definition) is 4. The van der Waals surface area contributed by atoms with Crippen LogP contribution in [-0.2, 0) is 14.3 Å². The van der Waals surface area contributed by atoms with Crippen LogP contribution in [0.3, 0.4) is 0 Å². The van der Waals surface area contributed by atoms with Gasteiger partial charge in [-0.15, -0.1) is 0 Å². The van der Waals surface area contributed by atoms with Crippen molar-refractivity contribution in [2.45, 2.75) is 31.3 Å². The summed E-state index contributed by atoms with van der Waals surface area (Å²) in [6, 6.07) is 15.1. The minimum atomic E-state index is -5.00. The van der Waals surface area contributed by atoms with Crippen LogP contribution in [0.15, 0.2) is 48.5 Å². The van der Waals surface area contributed by atoms with Gasteiger partial charge < -0.3 is 14.6 Å². The van der Waals surface area contributed by atoms with Crippen LogP contribution in [0, 0.1) is 0 Å². The van der Waals surface area contributed by atoms with Crippen molar-refractivity contribution in [3.63, 3.8) is 0 Å². The van der Waals surface area contributed by atoms with Gasteiger partial charge in [-0.1, -0.05) is 48.5 Å². The molecule has 1 N–H and O–H groups in total. The Labute approximate surface area is 170 Å². The molecule has 1 aliphatic rings. The second kappa shape index (κ2) is 8.35. The summed E-state index contributed by atoms with van der Waals surface area (Å²) in [4.78, 5) is 23.4. The quantitative estimate of drug-likeness (QED) is 0.704. The van der Waals surface area contributed by atoms with E-state index in [1.807, 2.05) is 48.5 Å². The zero-order chi connectivity index (χ0) is 22.1. The fourth-order valence-corrected chi connectivity index (χ4v) is 3.43. The molecule has 0 aliphatic heterocycles. The molecule has 9 heteroatoms. The Morgan fingerprint density at radius 3 is 2.03 bits per heavy atom. The molecule has 0 saturated heterocycles. The van der Waals surface area contributed by atoms with Crippen molar-refractivity contribution in [2.75, 3.05) is 13.7 Å². The first-order chi connectivity index (χ1) is 14.1. The van der Waals surface area contributed by atoms with Gasteiger partial charge in [-0.25, -0.2) is 9.59 Å². The van der Waals surface area contributed by atoms with Crippen molar-refractivity contribution in [2.24, 2.45) is 0 Å². The van der Waals surface area contributed by atoms with E-state index in [0.29, 0.717) is 0 Å². The van der Waals surface area contributed by atoms with E-state index in [1.165, 1.54) is 0 Å². The van der Waals surface area contributed by atoms with E-state index in [1.54, 1.807) is 0 Å². The highest BCUT2D eigenvalue weighted by molar-refractivity contribution is 5.79. The lowest BCUT2D eigenvalue weighted by Crippen LogP contribution is -2.50. The van der Waals surface area contributed by atoms with Gasteiger partial charge in [0.05, 0.1) is 0 Å². The lowest BCUT2D eigenvalue weighted by atomic mass is 9.98. The third-order valence-electron chi connectivity index (χ3n) is 4.94. The highest BCUT2D eigenvalue weighted by Crippen LogP contribution is 2.44. The lowest BCUT2D eigenvalue weighted by molar-refractivity contribution is -0.266. The third kappa shape index (κ3) is 4.25. The van der Waals surface area contributed by atoms with E-state index >= 15 is 0 Å². The maximum absolute atomic E-state index is 13.3. The highest BCUT2D eigenvalue weighted by Gasteiger charge is 2.47. The third-order valence-corrected chi connectivity index (χ3v) is 4.94. The molecule has 0 radical (unpaired) electrons. The molecule has 1 unspecified atom stereocenters. The van der Waals surface area contributed by atoms with E-state index in [-0.39, 0.29) is 17.4 Å². The summed E-state index contributed by atoms with van der Waals surface area (Å²) in [7, 11) is 0.853. The molecule has 3 rings (SSSR count). The largest absolute Gasteiger partial charge is 0.479 e. The van der Waals surface area contributed by atoms with E-state index < -0.39 is 30.6 Å². The predicted molar refractivity (Wildman–Crippen MR) is 101 cm³/mol. The summed E-state index contributed by atoms with van der Waals surface area (Å²) in [6.07, 6.45) is -10.8. The first-order valence-corrected chi connectivity index (χ1v) is 9.14. The van der Waals surface area contributed by atoms with Crippen LogP contribution >= 0.6 is 0 Å². The SMILES string of the molecule is C[C@H](OC(N(C)C(=O)OCC1c2ccccc2-c2ccccc21)C(F)(F)F)C(=O)O. The van der Waals surface area contributed by atoms with Gasteiger partial charge >= 0.3 is 18.2 Å². The number of carbonyl (C=O) groups is 2. The molecule has 2 aromatic carbocycles. The van der Waals surface area contributed by atoms with Gasteiger partial charge in [0.2, 0.25) is 6.23 Å². The summed E-state index contributed by atoms with van der Waals surface area (Å²) in [5.41, 5.74) is 3.79. The zero-order valence-electron chi connectivity index (χ0n) is 16.2. The monoisotopic (exact) mass is 423 g/mol. The minimum Gasteiger partial charge on any atom is -0.479 e. The highest BCUT2D eigenvalue weighted by atomic mass is 19.4. The summed E-state index contributed by atoms with van der Waals surface area (Å²) in [6.45, 7) is 0.781. The number of hydrogen-bond donors (Lipinski definition) is 1. The lowest BCUT2D eigenvalue weighted by Gasteiger charge is -2.30. The first kappa shape index (κ1) is 21.6. The maximum Gasteiger partial charge on any atom is 0.433 e. The number of fused-ring (bicyclic) bond motifs is 3. The average molecular weight is 423 g/mol. The second-order valence-electron chi connectivity index (χ2n) is 6.93. The molecule has 30 heavy (non-hydrogen) atoms. The van der Waals surface area contributed by atoms with E-state index in [9.17, 15) is 22.8 Å². The summed E-state index contributed by atoms with van der Waals surface area (Å²) in [5.74, 6) is -1.90. The molecular weight excluding hydrogens is 403 g/mol. The average Bonchev–Trinajstić information content (AvgIpc) is 3.02. The van der Waals surface area contributed by atoms with Gasteiger partial charge in [-0.05, 0) is 29.2 Å². The molecule has 0 heterocycles.